The Bertz CT molecular complexity index is 816. The molecule has 0 saturated heterocycles. The van der Waals surface area contributed by atoms with Crippen LogP contribution in [0.5, 0.6) is 0 Å². The molecule has 2 heterocycles. The topological polar surface area (TPSA) is 58.6 Å². The molecule has 0 aliphatic carbocycles. The Morgan fingerprint density at radius 3 is 2.75 bits per heavy atom. The van der Waals surface area contributed by atoms with Crippen molar-refractivity contribution in [2.24, 2.45) is 0 Å². The molecule has 3 rings (SSSR count). The molecule has 0 radical (unpaired) electrons. The second-order valence-corrected chi connectivity index (χ2v) is 5.08. The molecule has 0 spiro atoms. The lowest BCUT2D eigenvalue weighted by Gasteiger charge is -2.08. The molecule has 1 aromatic carbocycles. The summed E-state index contributed by atoms with van der Waals surface area (Å²) in [6.45, 7) is 4.04. The number of hydrogen-bond donors (Lipinski definition) is 1. The fraction of sp³-hybridized carbons (Fsp3) is 0.188. The first-order valence-electron chi connectivity index (χ1n) is 6.59. The van der Waals surface area contributed by atoms with E-state index >= 15 is 0 Å². The van der Waals surface area contributed by atoms with Crippen LogP contribution in [0.25, 0.3) is 22.2 Å². The smallest absolute Gasteiger partial charge is 0.251 e. The molecule has 20 heavy (non-hydrogen) atoms. The summed E-state index contributed by atoms with van der Waals surface area (Å²) in [4.78, 5) is 23.4. The van der Waals surface area contributed by atoms with Gasteiger partial charge in [-0.15, -0.1) is 0 Å². The molecule has 0 fully saturated rings. The van der Waals surface area contributed by atoms with Gasteiger partial charge in [-0.3, -0.25) is 9.78 Å². The van der Waals surface area contributed by atoms with Crippen molar-refractivity contribution in [2.45, 2.75) is 19.8 Å². The Hall–Kier alpha value is -2.49. The number of aromatic nitrogens is 3. The highest BCUT2D eigenvalue weighted by atomic mass is 16.1. The summed E-state index contributed by atoms with van der Waals surface area (Å²) >= 11 is 0. The molecule has 0 aliphatic rings. The van der Waals surface area contributed by atoms with Crippen LogP contribution in [0.1, 0.15) is 25.5 Å². The number of nitrogens with zero attached hydrogens (tertiary/aromatic N) is 2. The summed E-state index contributed by atoms with van der Waals surface area (Å²) in [6, 6.07) is 9.49. The average molecular weight is 265 g/mol. The minimum Gasteiger partial charge on any atom is -0.306 e. The molecule has 0 aliphatic heterocycles. The molecule has 4 heteroatoms. The standard InChI is InChI=1S/C16H15N3O/c1-10(2)14-7-15(20)19-16(18-14)13-9-17-8-11-5-3-4-6-12(11)13/h3-10H,1-2H3,(H,18,19,20). The second-order valence-electron chi connectivity index (χ2n) is 5.08. The fourth-order valence-electron chi connectivity index (χ4n) is 2.20. The number of pyridine rings is 1. The van der Waals surface area contributed by atoms with Crippen LogP contribution in [0.2, 0.25) is 0 Å². The first kappa shape index (κ1) is 12.5. The minimum atomic E-state index is -0.133. The van der Waals surface area contributed by atoms with Crippen LogP contribution >= 0.6 is 0 Å². The second kappa shape index (κ2) is 4.89. The lowest BCUT2D eigenvalue weighted by atomic mass is 10.1. The lowest BCUT2D eigenvalue weighted by Crippen LogP contribution is -2.11. The van der Waals surface area contributed by atoms with Crippen LogP contribution in [0.15, 0.2) is 47.5 Å². The van der Waals surface area contributed by atoms with E-state index in [1.807, 2.05) is 44.3 Å². The van der Waals surface area contributed by atoms with Gasteiger partial charge in [-0.25, -0.2) is 4.98 Å². The first-order chi connectivity index (χ1) is 9.65. The van der Waals surface area contributed by atoms with Gasteiger partial charge in [0.2, 0.25) is 0 Å². The Labute approximate surface area is 116 Å². The Morgan fingerprint density at radius 1 is 1.15 bits per heavy atom. The summed E-state index contributed by atoms with van der Waals surface area (Å²) < 4.78 is 0. The average Bonchev–Trinajstić information content (AvgIpc) is 2.46. The number of aromatic amines is 1. The van der Waals surface area contributed by atoms with Crippen LogP contribution in [-0.2, 0) is 0 Å². The molecular formula is C16H15N3O. The van der Waals surface area contributed by atoms with Gasteiger partial charge in [-0.05, 0) is 11.3 Å². The van der Waals surface area contributed by atoms with E-state index in [2.05, 4.69) is 15.0 Å². The van der Waals surface area contributed by atoms with E-state index in [0.29, 0.717) is 5.82 Å². The van der Waals surface area contributed by atoms with E-state index in [1.54, 1.807) is 12.3 Å². The molecule has 0 bridgehead atoms. The van der Waals surface area contributed by atoms with Crippen molar-refractivity contribution in [3.63, 3.8) is 0 Å². The third kappa shape index (κ3) is 2.20. The maximum atomic E-state index is 11.8. The molecule has 0 amide bonds. The number of H-pyrrole nitrogens is 1. The molecule has 0 atom stereocenters. The highest BCUT2D eigenvalue weighted by Crippen LogP contribution is 2.25. The third-order valence-corrected chi connectivity index (χ3v) is 3.28. The molecule has 0 unspecified atom stereocenters. The summed E-state index contributed by atoms with van der Waals surface area (Å²) in [5.74, 6) is 0.782. The van der Waals surface area contributed by atoms with Gasteiger partial charge in [0, 0.05) is 29.4 Å². The van der Waals surface area contributed by atoms with E-state index < -0.39 is 0 Å². The summed E-state index contributed by atoms with van der Waals surface area (Å²) in [5, 5.41) is 2.06. The molecule has 1 N–H and O–H groups in total. The zero-order valence-electron chi connectivity index (χ0n) is 11.4. The van der Waals surface area contributed by atoms with Gasteiger partial charge in [-0.2, -0.15) is 0 Å². The summed E-state index contributed by atoms with van der Waals surface area (Å²) in [7, 11) is 0. The maximum absolute atomic E-state index is 11.8. The van der Waals surface area contributed by atoms with Crippen molar-refractivity contribution in [2.75, 3.05) is 0 Å². The van der Waals surface area contributed by atoms with Gasteiger partial charge in [-0.1, -0.05) is 38.1 Å². The number of hydrogen-bond acceptors (Lipinski definition) is 3. The van der Waals surface area contributed by atoms with E-state index in [9.17, 15) is 4.79 Å². The predicted octanol–water partition coefficient (Wildman–Crippen LogP) is 3.11. The minimum absolute atomic E-state index is 0.133. The predicted molar refractivity (Wildman–Crippen MR) is 79.7 cm³/mol. The van der Waals surface area contributed by atoms with E-state index in [1.165, 1.54) is 0 Å². The zero-order chi connectivity index (χ0) is 14.1. The van der Waals surface area contributed by atoms with Crippen LogP contribution < -0.4 is 5.56 Å². The van der Waals surface area contributed by atoms with Gasteiger partial charge in [0.05, 0.1) is 5.69 Å². The lowest BCUT2D eigenvalue weighted by molar-refractivity contribution is 0.812. The molecule has 4 nitrogen and oxygen atoms in total. The van der Waals surface area contributed by atoms with Gasteiger partial charge in [0.1, 0.15) is 5.82 Å². The van der Waals surface area contributed by atoms with Crippen molar-refractivity contribution in [3.8, 4) is 11.4 Å². The Morgan fingerprint density at radius 2 is 1.95 bits per heavy atom. The molecule has 2 aromatic heterocycles. The summed E-state index contributed by atoms with van der Waals surface area (Å²) in [6.07, 6.45) is 3.55. The van der Waals surface area contributed by atoms with Crippen LogP contribution in [0.3, 0.4) is 0 Å². The monoisotopic (exact) mass is 265 g/mol. The summed E-state index contributed by atoms with van der Waals surface area (Å²) in [5.41, 5.74) is 1.51. The maximum Gasteiger partial charge on any atom is 0.251 e. The first-order valence-corrected chi connectivity index (χ1v) is 6.59. The molecule has 3 aromatic rings. The molecule has 100 valence electrons. The number of nitrogens with one attached hydrogen (secondary N) is 1. The number of rotatable bonds is 2. The van der Waals surface area contributed by atoms with E-state index in [4.69, 9.17) is 0 Å². The Balaban J connectivity index is 2.28. The highest BCUT2D eigenvalue weighted by molar-refractivity contribution is 5.93. The third-order valence-electron chi connectivity index (χ3n) is 3.28. The van der Waals surface area contributed by atoms with E-state index in [-0.39, 0.29) is 11.5 Å². The molecule has 0 saturated carbocycles. The van der Waals surface area contributed by atoms with Gasteiger partial charge in [0.15, 0.2) is 0 Å². The van der Waals surface area contributed by atoms with Gasteiger partial charge < -0.3 is 4.98 Å². The normalized spacial score (nSPS) is 11.2. The van der Waals surface area contributed by atoms with Crippen molar-refractivity contribution in [1.29, 1.82) is 0 Å². The van der Waals surface area contributed by atoms with E-state index in [0.717, 1.165) is 22.0 Å². The fourth-order valence-corrected chi connectivity index (χ4v) is 2.20. The van der Waals surface area contributed by atoms with Gasteiger partial charge in [0.25, 0.3) is 5.56 Å². The van der Waals surface area contributed by atoms with Crippen LogP contribution in [0.4, 0.5) is 0 Å². The quantitative estimate of drug-likeness (QED) is 0.774. The van der Waals surface area contributed by atoms with Crippen molar-refractivity contribution >= 4 is 10.8 Å². The van der Waals surface area contributed by atoms with Crippen molar-refractivity contribution in [3.05, 3.63) is 58.8 Å². The number of fused-ring (bicyclic) bond motifs is 1. The molecular weight excluding hydrogens is 250 g/mol. The SMILES string of the molecule is CC(C)c1cc(=O)[nH]c(-c2cncc3ccccc23)n1. The Kier molecular flexibility index (Phi) is 3.06. The number of benzene rings is 1. The van der Waals surface area contributed by atoms with Crippen LogP contribution in [0, 0.1) is 0 Å². The zero-order valence-corrected chi connectivity index (χ0v) is 11.4. The largest absolute Gasteiger partial charge is 0.306 e. The van der Waals surface area contributed by atoms with Crippen molar-refractivity contribution in [1.82, 2.24) is 15.0 Å². The van der Waals surface area contributed by atoms with Gasteiger partial charge >= 0.3 is 0 Å². The highest BCUT2D eigenvalue weighted by Gasteiger charge is 2.10. The van der Waals surface area contributed by atoms with Crippen molar-refractivity contribution < 1.29 is 0 Å². The van der Waals surface area contributed by atoms with Crippen LogP contribution in [-0.4, -0.2) is 15.0 Å².